The summed E-state index contributed by atoms with van der Waals surface area (Å²) in [5, 5.41) is 21.0. The Morgan fingerprint density at radius 1 is 1.11 bits per heavy atom. The van der Waals surface area contributed by atoms with E-state index < -0.39 is 17.1 Å². The number of aryl methyl sites for hydroxylation is 1. The number of fused-ring (bicyclic) bond motifs is 3. The third-order valence-electron chi connectivity index (χ3n) is 6.30. The predicted molar refractivity (Wildman–Crippen MR) is 141 cm³/mol. The second-order valence-electron chi connectivity index (χ2n) is 8.70. The zero-order valence-corrected chi connectivity index (χ0v) is 21.2. The van der Waals surface area contributed by atoms with Gasteiger partial charge in [0.15, 0.2) is 0 Å². The number of benzene rings is 2. The van der Waals surface area contributed by atoms with Gasteiger partial charge >= 0.3 is 5.97 Å². The molecule has 0 saturated carbocycles. The number of rotatable bonds is 7. The lowest BCUT2D eigenvalue weighted by atomic mass is 9.89. The minimum atomic E-state index is -1.04. The molecule has 2 aliphatic rings. The highest BCUT2D eigenvalue weighted by Gasteiger charge is 2.43. The minimum absolute atomic E-state index is 0.0290. The molecule has 8 nitrogen and oxygen atoms in total. The Balaban J connectivity index is 1.32. The van der Waals surface area contributed by atoms with Gasteiger partial charge < -0.3 is 10.4 Å². The summed E-state index contributed by atoms with van der Waals surface area (Å²) in [6.45, 7) is 0. The average Bonchev–Trinajstić information content (AvgIpc) is 3.39. The van der Waals surface area contributed by atoms with Gasteiger partial charge in [-0.25, -0.2) is 4.90 Å². The SMILES string of the molecule is N#Cc1c(N2C(=O)C[C@H](Sc3ccc(NC(=O)CCC(=O)O)cc3)C2=O)sc2c1CCc1ccccc1-2. The van der Waals surface area contributed by atoms with Crippen LogP contribution in [0, 0.1) is 11.3 Å². The largest absolute Gasteiger partial charge is 0.481 e. The van der Waals surface area contributed by atoms with Crippen LogP contribution in [0.25, 0.3) is 10.4 Å². The Hall–Kier alpha value is -3.94. The Labute approximate surface area is 220 Å². The highest BCUT2D eigenvalue weighted by molar-refractivity contribution is 8.00. The lowest BCUT2D eigenvalue weighted by Gasteiger charge is -2.15. The van der Waals surface area contributed by atoms with Crippen molar-refractivity contribution in [2.75, 3.05) is 10.2 Å². The van der Waals surface area contributed by atoms with Gasteiger partial charge in [0.05, 0.1) is 17.2 Å². The van der Waals surface area contributed by atoms with Crippen molar-refractivity contribution in [2.24, 2.45) is 0 Å². The highest BCUT2D eigenvalue weighted by atomic mass is 32.2. The Kier molecular flexibility index (Phi) is 6.82. The second kappa shape index (κ2) is 10.2. The van der Waals surface area contributed by atoms with Gasteiger partial charge in [-0.2, -0.15) is 5.26 Å². The number of thiophene rings is 1. The number of carboxylic acids is 1. The summed E-state index contributed by atoms with van der Waals surface area (Å²) in [7, 11) is 0. The molecular weight excluding hydrogens is 510 g/mol. The molecule has 1 aliphatic carbocycles. The van der Waals surface area contributed by atoms with Crippen molar-refractivity contribution in [1.82, 2.24) is 0 Å². The van der Waals surface area contributed by atoms with E-state index in [0.717, 1.165) is 27.3 Å². The van der Waals surface area contributed by atoms with Crippen LogP contribution in [0.15, 0.2) is 53.4 Å². The second-order valence-corrected chi connectivity index (χ2v) is 11.0. The van der Waals surface area contributed by atoms with E-state index in [2.05, 4.69) is 17.5 Å². The van der Waals surface area contributed by atoms with E-state index in [-0.39, 0.29) is 31.1 Å². The van der Waals surface area contributed by atoms with E-state index in [9.17, 15) is 24.4 Å². The molecule has 186 valence electrons. The molecule has 3 amide bonds. The van der Waals surface area contributed by atoms with E-state index in [0.29, 0.717) is 22.7 Å². The maximum absolute atomic E-state index is 13.4. The van der Waals surface area contributed by atoms with E-state index >= 15 is 0 Å². The topological polar surface area (TPSA) is 128 Å². The van der Waals surface area contributed by atoms with Crippen LogP contribution in [0.3, 0.4) is 0 Å². The molecule has 1 fully saturated rings. The van der Waals surface area contributed by atoms with Crippen LogP contribution in [-0.2, 0) is 32.0 Å². The Morgan fingerprint density at radius 2 is 1.86 bits per heavy atom. The van der Waals surface area contributed by atoms with Crippen LogP contribution in [0.1, 0.15) is 36.0 Å². The maximum atomic E-state index is 13.4. The molecule has 3 aromatic rings. The fraction of sp³-hybridized carbons (Fsp3) is 0.222. The predicted octanol–water partition coefficient (Wildman–Crippen LogP) is 4.61. The molecule has 1 aromatic heterocycles. The van der Waals surface area contributed by atoms with Crippen LogP contribution in [0.2, 0.25) is 0 Å². The zero-order valence-electron chi connectivity index (χ0n) is 19.5. The highest BCUT2D eigenvalue weighted by Crippen LogP contribution is 2.48. The molecule has 0 unspecified atom stereocenters. The summed E-state index contributed by atoms with van der Waals surface area (Å²) in [6.07, 6.45) is 1.16. The molecule has 2 N–H and O–H groups in total. The van der Waals surface area contributed by atoms with E-state index in [1.165, 1.54) is 33.6 Å². The molecule has 0 spiro atoms. The van der Waals surface area contributed by atoms with Crippen LogP contribution < -0.4 is 10.2 Å². The standard InChI is InChI=1S/C27H21N3O5S2/c28-14-20-19-10-5-15-3-1-2-4-18(15)25(19)37-27(20)30-23(32)13-21(26(30)35)36-17-8-6-16(7-9-17)29-22(31)11-12-24(33)34/h1-4,6-9,21H,5,10-13H2,(H,29,31)(H,33,34)/t21-/m0/s1. The summed E-state index contributed by atoms with van der Waals surface area (Å²) in [5.41, 5.74) is 4.07. The Morgan fingerprint density at radius 3 is 2.59 bits per heavy atom. The smallest absolute Gasteiger partial charge is 0.303 e. The van der Waals surface area contributed by atoms with Gasteiger partial charge in [-0.15, -0.1) is 23.1 Å². The summed E-state index contributed by atoms with van der Waals surface area (Å²) in [6, 6.07) is 17.1. The molecule has 1 saturated heterocycles. The summed E-state index contributed by atoms with van der Waals surface area (Å²) < 4.78 is 0. The number of nitrogens with one attached hydrogen (secondary N) is 1. The first kappa shape index (κ1) is 24.7. The molecule has 37 heavy (non-hydrogen) atoms. The number of anilines is 2. The molecular formula is C27H21N3O5S2. The molecule has 0 bridgehead atoms. The van der Waals surface area contributed by atoms with Crippen molar-refractivity contribution in [2.45, 2.75) is 42.2 Å². The number of aliphatic carboxylic acids is 1. The number of carboxylic acid groups (broad SMARTS) is 1. The van der Waals surface area contributed by atoms with E-state index in [1.807, 2.05) is 18.2 Å². The van der Waals surface area contributed by atoms with Crippen molar-refractivity contribution < 1.29 is 24.3 Å². The molecule has 0 radical (unpaired) electrons. The number of nitrogens with zero attached hydrogens (tertiary/aromatic N) is 2. The first-order chi connectivity index (χ1) is 17.9. The normalized spacial score (nSPS) is 16.2. The lowest BCUT2D eigenvalue weighted by Crippen LogP contribution is -2.31. The number of thioether (sulfide) groups is 1. The van der Waals surface area contributed by atoms with Crippen LogP contribution in [0.5, 0.6) is 0 Å². The fourth-order valence-electron chi connectivity index (χ4n) is 4.53. The number of hydrogen-bond acceptors (Lipinski definition) is 7. The average molecular weight is 532 g/mol. The van der Waals surface area contributed by atoms with Gasteiger partial charge in [-0.1, -0.05) is 24.3 Å². The number of nitriles is 1. The van der Waals surface area contributed by atoms with Gasteiger partial charge in [0.2, 0.25) is 17.7 Å². The van der Waals surface area contributed by atoms with Crippen molar-refractivity contribution in [1.29, 1.82) is 5.26 Å². The first-order valence-corrected chi connectivity index (χ1v) is 13.3. The Bertz CT molecular complexity index is 1470. The molecule has 10 heteroatoms. The molecule has 1 atom stereocenters. The van der Waals surface area contributed by atoms with Crippen molar-refractivity contribution >= 4 is 57.5 Å². The first-order valence-electron chi connectivity index (χ1n) is 11.6. The number of carbonyl (C=O) groups excluding carboxylic acids is 3. The minimum Gasteiger partial charge on any atom is -0.481 e. The lowest BCUT2D eigenvalue weighted by molar-refractivity contribution is -0.138. The third-order valence-corrected chi connectivity index (χ3v) is 8.74. The van der Waals surface area contributed by atoms with Crippen molar-refractivity contribution in [3.05, 3.63) is 65.2 Å². The summed E-state index contributed by atoms with van der Waals surface area (Å²) >= 11 is 2.59. The molecule has 5 rings (SSSR count). The van der Waals surface area contributed by atoms with Crippen molar-refractivity contribution in [3.8, 4) is 16.5 Å². The number of carbonyl (C=O) groups is 4. The van der Waals surface area contributed by atoms with Crippen LogP contribution >= 0.6 is 23.1 Å². The van der Waals surface area contributed by atoms with Gasteiger partial charge in [-0.05, 0) is 53.8 Å². The van der Waals surface area contributed by atoms with E-state index in [1.54, 1.807) is 24.3 Å². The van der Waals surface area contributed by atoms with Gasteiger partial charge in [0, 0.05) is 28.3 Å². The summed E-state index contributed by atoms with van der Waals surface area (Å²) in [5.74, 6) is -2.11. The van der Waals surface area contributed by atoms with Gasteiger partial charge in [0.25, 0.3) is 0 Å². The third kappa shape index (κ3) is 4.88. The number of hydrogen-bond donors (Lipinski definition) is 2. The molecule has 2 aromatic carbocycles. The van der Waals surface area contributed by atoms with Crippen molar-refractivity contribution in [3.63, 3.8) is 0 Å². The number of amides is 3. The monoisotopic (exact) mass is 531 g/mol. The number of imide groups is 1. The molecule has 2 heterocycles. The van der Waals surface area contributed by atoms with Gasteiger partial charge in [0.1, 0.15) is 11.1 Å². The summed E-state index contributed by atoms with van der Waals surface area (Å²) in [4.78, 5) is 51.7. The van der Waals surface area contributed by atoms with E-state index in [4.69, 9.17) is 5.11 Å². The zero-order chi connectivity index (χ0) is 26.1. The maximum Gasteiger partial charge on any atom is 0.303 e. The quantitative estimate of drug-likeness (QED) is 0.426. The van der Waals surface area contributed by atoms with Crippen LogP contribution in [0.4, 0.5) is 10.7 Å². The fourth-order valence-corrected chi connectivity index (χ4v) is 6.97. The molecule has 1 aliphatic heterocycles. The van der Waals surface area contributed by atoms with Crippen LogP contribution in [-0.4, -0.2) is 34.0 Å². The van der Waals surface area contributed by atoms with Gasteiger partial charge in [-0.3, -0.25) is 19.2 Å².